The monoisotopic (exact) mass is 1110 g/mol. The van der Waals surface area contributed by atoms with Gasteiger partial charge in [0.1, 0.15) is 41.4 Å². The largest absolute Gasteiger partial charge is 0.496 e. The summed E-state index contributed by atoms with van der Waals surface area (Å²) in [4.78, 5) is 83.3. The maximum atomic E-state index is 14.9. The van der Waals surface area contributed by atoms with Crippen LogP contribution in [-0.4, -0.2) is 154 Å². The van der Waals surface area contributed by atoms with Gasteiger partial charge < -0.3 is 70.1 Å². The van der Waals surface area contributed by atoms with Crippen molar-refractivity contribution in [3.8, 4) is 5.75 Å². The lowest BCUT2D eigenvalue weighted by molar-refractivity contribution is -0.346. The fourth-order valence-corrected chi connectivity index (χ4v) is 11.6. The number of methoxy groups -OCH3 is 1. The Hall–Kier alpha value is -6.13. The van der Waals surface area contributed by atoms with Crippen molar-refractivity contribution in [3.05, 3.63) is 106 Å². The first-order valence-corrected chi connectivity index (χ1v) is 26.4. The molecule has 0 aromatic heterocycles. The van der Waals surface area contributed by atoms with Crippen LogP contribution in [0.15, 0.2) is 83.9 Å². The maximum Gasteiger partial charge on any atom is 0.408 e. The molecule has 426 valence electrons. The van der Waals surface area contributed by atoms with Gasteiger partial charge in [-0.15, -0.1) is 0 Å². The molecule has 3 aromatic rings. The summed E-state index contributed by atoms with van der Waals surface area (Å²) in [6, 6.07) is 17.7. The molecule has 8 N–H and O–H groups in total. The van der Waals surface area contributed by atoms with E-state index in [0.717, 1.165) is 26.6 Å². The number of nitrogens with one attached hydrogen (secondary N) is 2. The number of rotatable bonds is 15. The van der Waals surface area contributed by atoms with Crippen LogP contribution in [0, 0.1) is 16.7 Å². The number of carbonyl (C=O) groups is 6. The zero-order chi connectivity index (χ0) is 57.9. The Labute approximate surface area is 459 Å². The Morgan fingerprint density at radius 3 is 2.13 bits per heavy atom. The van der Waals surface area contributed by atoms with Crippen LogP contribution < -0.4 is 21.1 Å². The van der Waals surface area contributed by atoms with E-state index in [0.29, 0.717) is 34.1 Å². The molecule has 78 heavy (non-hydrogen) atoms. The average molecular weight is 1110 g/mol. The van der Waals surface area contributed by atoms with Crippen LogP contribution in [0.1, 0.15) is 114 Å². The summed E-state index contributed by atoms with van der Waals surface area (Å²) in [5, 5.41) is 54.8. The number of halogens is 1. The Balaban J connectivity index is 0.000000414. The number of benzene rings is 3. The second-order valence-electron chi connectivity index (χ2n) is 21.9. The van der Waals surface area contributed by atoms with E-state index in [1.54, 1.807) is 89.2 Å². The van der Waals surface area contributed by atoms with Crippen LogP contribution in [-0.2, 0) is 38.1 Å². The first-order chi connectivity index (χ1) is 36.5. The van der Waals surface area contributed by atoms with Crippen LogP contribution in [0.4, 0.5) is 10.5 Å². The van der Waals surface area contributed by atoms with Crippen molar-refractivity contribution in [1.82, 2.24) is 15.5 Å². The number of aliphatic hydroxyl groups is 4. The van der Waals surface area contributed by atoms with E-state index in [1.807, 2.05) is 0 Å². The van der Waals surface area contributed by atoms with E-state index < -0.39 is 112 Å². The van der Waals surface area contributed by atoms with Crippen molar-refractivity contribution in [1.29, 1.82) is 0 Å². The molecule has 21 heteroatoms. The number of ether oxygens (including phenoxy) is 6. The zero-order valence-electron chi connectivity index (χ0n) is 46.1. The fraction of sp³-hybridized carbons (Fsp3) is 0.544. The zero-order valence-corrected chi connectivity index (χ0v) is 46.8. The number of nitrogen functional groups attached to an aromatic ring is 1. The van der Waals surface area contributed by atoms with E-state index in [-0.39, 0.29) is 35.6 Å². The molecule has 3 aliphatic carbocycles. The third kappa shape index (κ3) is 12.0. The lowest BCUT2D eigenvalue weighted by Gasteiger charge is -2.67. The lowest BCUT2D eigenvalue weighted by Crippen LogP contribution is -2.81. The topological polar surface area (TPSA) is 292 Å². The molecule has 1 aliphatic heterocycles. The van der Waals surface area contributed by atoms with Crippen molar-refractivity contribution >= 4 is 53.0 Å². The summed E-state index contributed by atoms with van der Waals surface area (Å²) in [6.45, 7) is 19.3. The van der Waals surface area contributed by atoms with Gasteiger partial charge in [0.05, 0.1) is 59.0 Å². The number of hydrogen-bond acceptors (Lipinski definition) is 18. The third-order valence-corrected chi connectivity index (χ3v) is 16.1. The van der Waals surface area contributed by atoms with Crippen LogP contribution in [0.2, 0.25) is 5.02 Å². The average Bonchev–Trinajstić information content (AvgIpc) is 3.39. The SMILES string of the molecule is CC(=O)O[C@@]12CO[C@@H]1C[C@H](O)[C@@]1(C)C(=O)[C@H](O)C3=C(C)[C@@H](OC(=O)[C@H](O)[C@@H](NC(=O)OC(C)(C)C)c4ccccc4)C[C@@](O)([C@@H](OC(=O)c4ccccc4)[C@H]21)C3(C)C.CCN(CC)CCNC(=O)c1cc(Cl)c(N)cc1OC. The van der Waals surface area contributed by atoms with Gasteiger partial charge in [0.2, 0.25) is 0 Å². The molecule has 1 saturated heterocycles. The second-order valence-corrected chi connectivity index (χ2v) is 22.3. The molecule has 11 atom stereocenters. The Morgan fingerprint density at radius 2 is 1.58 bits per heavy atom. The molecule has 3 aromatic carbocycles. The van der Waals surface area contributed by atoms with Crippen molar-refractivity contribution < 1.29 is 77.6 Å². The molecule has 2 amide bonds. The van der Waals surface area contributed by atoms with Gasteiger partial charge >= 0.3 is 24.0 Å². The maximum absolute atomic E-state index is 14.9. The number of nitrogens with zero attached hydrogens (tertiary/aromatic N) is 1. The summed E-state index contributed by atoms with van der Waals surface area (Å²) >= 11 is 5.95. The smallest absolute Gasteiger partial charge is 0.408 e. The Kier molecular flexibility index (Phi) is 18.9. The van der Waals surface area contributed by atoms with E-state index in [2.05, 4.69) is 29.4 Å². The van der Waals surface area contributed by atoms with E-state index >= 15 is 0 Å². The number of likely N-dealkylation sites (N-methyl/N-ethyl adjacent to an activating group) is 1. The van der Waals surface area contributed by atoms with Gasteiger partial charge in [-0.25, -0.2) is 14.4 Å². The van der Waals surface area contributed by atoms with Gasteiger partial charge in [-0.3, -0.25) is 14.4 Å². The van der Waals surface area contributed by atoms with E-state index in [1.165, 1.54) is 39.2 Å². The Bertz CT molecular complexity index is 2730. The quantitative estimate of drug-likeness (QED) is 0.0442. The van der Waals surface area contributed by atoms with Crippen molar-refractivity contribution in [3.63, 3.8) is 0 Å². The van der Waals surface area contributed by atoms with Crippen LogP contribution in [0.3, 0.4) is 0 Å². The highest BCUT2D eigenvalue weighted by molar-refractivity contribution is 6.33. The number of hydrogen-bond donors (Lipinski definition) is 7. The number of nitrogens with two attached hydrogens (primary N) is 1. The number of alkyl carbamates (subject to hydrolysis) is 1. The van der Waals surface area contributed by atoms with Crippen molar-refractivity contribution in [2.75, 3.05) is 45.6 Å². The minimum Gasteiger partial charge on any atom is -0.496 e. The first kappa shape index (κ1) is 61.1. The predicted molar refractivity (Wildman–Crippen MR) is 286 cm³/mol. The van der Waals surface area contributed by atoms with Gasteiger partial charge in [-0.1, -0.05) is 87.8 Å². The van der Waals surface area contributed by atoms with Gasteiger partial charge in [-0.2, -0.15) is 0 Å². The van der Waals surface area contributed by atoms with Crippen molar-refractivity contribution in [2.24, 2.45) is 16.7 Å². The lowest BCUT2D eigenvalue weighted by atomic mass is 9.44. The predicted octanol–water partition coefficient (Wildman–Crippen LogP) is 5.26. The number of carbonyl (C=O) groups excluding carboxylic acids is 6. The normalized spacial score (nSPS) is 27.8. The highest BCUT2D eigenvalue weighted by Crippen LogP contribution is 2.64. The number of ketones is 1. The molecule has 0 spiro atoms. The molecular weight excluding hydrogens is 1030 g/mol. The van der Waals surface area contributed by atoms with Crippen LogP contribution in [0.5, 0.6) is 5.75 Å². The number of aliphatic hydroxyl groups excluding tert-OH is 3. The van der Waals surface area contributed by atoms with Gasteiger partial charge in [0, 0.05) is 44.3 Å². The molecule has 7 rings (SSSR count). The summed E-state index contributed by atoms with van der Waals surface area (Å²) in [7, 11) is 1.50. The molecule has 1 heterocycles. The standard InChI is InChI=1S/C43H53NO14.C14H22ClN3O2/c1-22-26(55-37(51)32(48)30(24-15-11-9-12-16-24)44-38(52)58-39(3,4)5)20-43(53)35(56-36(50)25-17-13-10-14-18-25)33-41(8,34(49)31(47)29(22)40(43,6)7)27(46)19-28-42(33,21-54-28)57-23(2)45;1-4-18(5-2)7-6-17-14(19)10-8-11(15)12(16)9-13(10)20-3/h9-18,26-28,30-33,35,46-48,53H,19-21H2,1-8H3,(H,44,52);8-9H,4-7,16H2,1-3H3,(H,17,19)/t26-,27-,28+,30-,31+,32+,33-,35-,41+,42-,43+;/m0./s1. The Morgan fingerprint density at radius 1 is 0.962 bits per heavy atom. The van der Waals surface area contributed by atoms with Gasteiger partial charge in [-0.05, 0) is 82.6 Å². The highest BCUT2D eigenvalue weighted by Gasteiger charge is 2.78. The molecule has 20 nitrogen and oxygen atoms in total. The van der Waals surface area contributed by atoms with Crippen LogP contribution in [0.25, 0.3) is 0 Å². The number of amides is 2. The number of esters is 3. The second kappa shape index (κ2) is 24.1. The van der Waals surface area contributed by atoms with Gasteiger partial charge in [0.15, 0.2) is 17.5 Å². The molecular formula is C57H75ClN4O16. The van der Waals surface area contributed by atoms with Crippen molar-refractivity contribution in [2.45, 2.75) is 142 Å². The van der Waals surface area contributed by atoms with Crippen LogP contribution >= 0.6 is 11.6 Å². The molecule has 2 saturated carbocycles. The summed E-state index contributed by atoms with van der Waals surface area (Å²) in [5.74, 6) is -5.15. The highest BCUT2D eigenvalue weighted by atomic mass is 35.5. The fourth-order valence-electron chi connectivity index (χ4n) is 11.4. The first-order valence-electron chi connectivity index (χ1n) is 26.0. The number of anilines is 1. The summed E-state index contributed by atoms with van der Waals surface area (Å²) in [5.41, 5.74) is -1.66. The summed E-state index contributed by atoms with van der Waals surface area (Å²) in [6.07, 6.45) is -11.5. The van der Waals surface area contributed by atoms with Gasteiger partial charge in [0.25, 0.3) is 5.91 Å². The molecule has 4 aliphatic rings. The number of fused-ring (bicyclic) bond motifs is 5. The summed E-state index contributed by atoms with van der Waals surface area (Å²) < 4.78 is 34.7. The minimum absolute atomic E-state index is 0.0637. The minimum atomic E-state index is -2.35. The third-order valence-electron chi connectivity index (χ3n) is 15.7. The van der Waals surface area contributed by atoms with E-state index in [9.17, 15) is 49.2 Å². The van der Waals surface area contributed by atoms with E-state index in [4.69, 9.17) is 45.8 Å². The molecule has 0 radical (unpaired) electrons. The molecule has 0 unspecified atom stereocenters. The molecule has 3 fully saturated rings. The number of Topliss-reactive ketones (excluding diaryl/α,β-unsaturated/α-hetero) is 1. The molecule has 2 bridgehead atoms.